The number of ether oxygens (including phenoxy) is 3. The summed E-state index contributed by atoms with van der Waals surface area (Å²) in [5, 5.41) is 2.86. The van der Waals surface area contributed by atoms with Crippen molar-refractivity contribution in [1.82, 2.24) is 4.31 Å². The van der Waals surface area contributed by atoms with Crippen LogP contribution in [-0.2, 0) is 14.8 Å². The highest BCUT2D eigenvalue weighted by Crippen LogP contribution is 2.34. The van der Waals surface area contributed by atoms with Crippen LogP contribution in [0.3, 0.4) is 0 Å². The van der Waals surface area contributed by atoms with E-state index in [1.54, 1.807) is 30.3 Å². The number of amides is 1. The molecule has 0 bridgehead atoms. The molecule has 1 N–H and O–H groups in total. The maximum atomic E-state index is 13.0. The topological polar surface area (TPSA) is 94.2 Å². The average Bonchev–Trinajstić information content (AvgIpc) is 3.22. The van der Waals surface area contributed by atoms with Gasteiger partial charge in [0.05, 0.1) is 17.9 Å². The molecule has 1 atom stereocenters. The summed E-state index contributed by atoms with van der Waals surface area (Å²) in [4.78, 5) is 12.9. The first-order chi connectivity index (χ1) is 14.0. The quantitative estimate of drug-likeness (QED) is 0.802. The molecule has 154 valence electrons. The van der Waals surface area contributed by atoms with Crippen LogP contribution in [0, 0.1) is 5.92 Å². The predicted molar refractivity (Wildman–Crippen MR) is 106 cm³/mol. The molecule has 0 spiro atoms. The summed E-state index contributed by atoms with van der Waals surface area (Å²) in [5.74, 6) is 1.16. The minimum absolute atomic E-state index is 0.144. The Bertz CT molecular complexity index is 1010. The molecule has 0 aromatic heterocycles. The number of rotatable bonds is 5. The number of carbonyl (C=O) groups is 1. The number of nitrogens with zero attached hydrogens (tertiary/aromatic N) is 1. The van der Waals surface area contributed by atoms with Gasteiger partial charge in [0.1, 0.15) is 5.75 Å². The molecule has 0 saturated carbocycles. The lowest BCUT2D eigenvalue weighted by atomic mass is 9.98. The van der Waals surface area contributed by atoms with Gasteiger partial charge >= 0.3 is 0 Å². The van der Waals surface area contributed by atoms with Crippen LogP contribution >= 0.6 is 0 Å². The monoisotopic (exact) mass is 418 g/mol. The van der Waals surface area contributed by atoms with Crippen LogP contribution in [0.4, 0.5) is 5.69 Å². The molecule has 1 amide bonds. The predicted octanol–water partition coefficient (Wildman–Crippen LogP) is 2.46. The van der Waals surface area contributed by atoms with Crippen LogP contribution in [0.5, 0.6) is 17.2 Å². The number of carbonyl (C=O) groups excluding carboxylic acids is 1. The van der Waals surface area contributed by atoms with Crippen LogP contribution < -0.4 is 19.5 Å². The normalized spacial score (nSPS) is 19.0. The first kappa shape index (κ1) is 19.5. The van der Waals surface area contributed by atoms with E-state index in [9.17, 15) is 13.2 Å². The van der Waals surface area contributed by atoms with E-state index in [0.717, 1.165) is 0 Å². The van der Waals surface area contributed by atoms with Crippen molar-refractivity contribution < 1.29 is 27.4 Å². The van der Waals surface area contributed by atoms with E-state index in [2.05, 4.69) is 5.32 Å². The summed E-state index contributed by atoms with van der Waals surface area (Å²) >= 11 is 0. The van der Waals surface area contributed by atoms with Gasteiger partial charge in [-0.25, -0.2) is 8.42 Å². The molecule has 0 radical (unpaired) electrons. The van der Waals surface area contributed by atoms with Crippen molar-refractivity contribution in [2.45, 2.75) is 17.7 Å². The van der Waals surface area contributed by atoms with Gasteiger partial charge in [0, 0.05) is 24.8 Å². The Morgan fingerprint density at radius 2 is 1.90 bits per heavy atom. The number of nitrogens with one attached hydrogen (secondary N) is 1. The third-order valence-electron chi connectivity index (χ3n) is 5.09. The van der Waals surface area contributed by atoms with Crippen LogP contribution in [0.25, 0.3) is 0 Å². The van der Waals surface area contributed by atoms with Gasteiger partial charge in [-0.1, -0.05) is 0 Å². The molecule has 8 nitrogen and oxygen atoms in total. The Balaban J connectivity index is 1.45. The molecular weight excluding hydrogens is 396 g/mol. The van der Waals surface area contributed by atoms with Crippen molar-refractivity contribution in [1.29, 1.82) is 0 Å². The molecule has 9 heteroatoms. The van der Waals surface area contributed by atoms with Crippen molar-refractivity contribution in [3.8, 4) is 17.2 Å². The first-order valence-electron chi connectivity index (χ1n) is 9.32. The summed E-state index contributed by atoms with van der Waals surface area (Å²) in [6.45, 7) is 0.695. The zero-order valence-electron chi connectivity index (χ0n) is 16.0. The van der Waals surface area contributed by atoms with Gasteiger partial charge in [0.2, 0.25) is 22.7 Å². The number of hydrogen-bond donors (Lipinski definition) is 1. The van der Waals surface area contributed by atoms with Gasteiger partial charge in [0.25, 0.3) is 0 Å². The Labute approximate surface area is 169 Å². The summed E-state index contributed by atoms with van der Waals surface area (Å²) in [7, 11) is -2.15. The van der Waals surface area contributed by atoms with Gasteiger partial charge in [-0.05, 0) is 49.2 Å². The molecule has 2 aromatic rings. The van der Waals surface area contributed by atoms with E-state index in [0.29, 0.717) is 42.3 Å². The number of anilines is 1. The zero-order chi connectivity index (χ0) is 20.4. The Kier molecular flexibility index (Phi) is 5.33. The first-order valence-corrected chi connectivity index (χ1v) is 10.8. The second-order valence-electron chi connectivity index (χ2n) is 6.94. The molecule has 1 saturated heterocycles. The summed E-state index contributed by atoms with van der Waals surface area (Å²) in [5.41, 5.74) is 0.592. The van der Waals surface area contributed by atoms with Crippen molar-refractivity contribution in [2.75, 3.05) is 32.3 Å². The van der Waals surface area contributed by atoms with Crippen LogP contribution in [0.1, 0.15) is 12.8 Å². The minimum atomic E-state index is -3.67. The summed E-state index contributed by atoms with van der Waals surface area (Å²) in [6.07, 6.45) is 1.25. The third kappa shape index (κ3) is 4.01. The highest BCUT2D eigenvalue weighted by atomic mass is 32.2. The van der Waals surface area contributed by atoms with Crippen molar-refractivity contribution in [2.24, 2.45) is 5.92 Å². The van der Waals surface area contributed by atoms with E-state index in [1.807, 2.05) is 0 Å². The van der Waals surface area contributed by atoms with Gasteiger partial charge in [-0.15, -0.1) is 0 Å². The highest BCUT2D eigenvalue weighted by molar-refractivity contribution is 7.89. The number of methoxy groups -OCH3 is 1. The number of sulfonamides is 1. The standard InChI is InChI=1S/C20H22N2O6S/c1-26-16-5-7-17(8-6-16)29(24,25)22-10-2-3-14(12-22)20(23)21-15-4-9-18-19(11-15)28-13-27-18/h4-9,11,14H,2-3,10,12-13H2,1H3,(H,21,23). The third-order valence-corrected chi connectivity index (χ3v) is 6.97. The fourth-order valence-electron chi connectivity index (χ4n) is 3.49. The SMILES string of the molecule is COc1ccc(S(=O)(=O)N2CCCC(C(=O)Nc3ccc4c(c3)OCO4)C2)cc1. The van der Waals surface area contributed by atoms with Crippen molar-refractivity contribution in [3.05, 3.63) is 42.5 Å². The number of benzene rings is 2. The summed E-state index contributed by atoms with van der Waals surface area (Å²) in [6, 6.07) is 11.4. The minimum Gasteiger partial charge on any atom is -0.497 e. The Morgan fingerprint density at radius 3 is 2.66 bits per heavy atom. The fraction of sp³-hybridized carbons (Fsp3) is 0.350. The molecule has 1 unspecified atom stereocenters. The maximum absolute atomic E-state index is 13.0. The van der Waals surface area contributed by atoms with Crippen LogP contribution in [0.2, 0.25) is 0 Å². The maximum Gasteiger partial charge on any atom is 0.243 e. The highest BCUT2D eigenvalue weighted by Gasteiger charge is 2.33. The lowest BCUT2D eigenvalue weighted by Gasteiger charge is -2.31. The van der Waals surface area contributed by atoms with Crippen LogP contribution in [-0.4, -0.2) is 45.6 Å². The Hall–Kier alpha value is -2.78. The van der Waals surface area contributed by atoms with E-state index in [4.69, 9.17) is 14.2 Å². The number of hydrogen-bond acceptors (Lipinski definition) is 6. The second-order valence-corrected chi connectivity index (χ2v) is 8.87. The largest absolute Gasteiger partial charge is 0.497 e. The number of piperidine rings is 1. The molecule has 2 heterocycles. The molecule has 2 aromatic carbocycles. The smallest absolute Gasteiger partial charge is 0.243 e. The lowest BCUT2D eigenvalue weighted by molar-refractivity contribution is -0.120. The Morgan fingerprint density at radius 1 is 1.14 bits per heavy atom. The van der Waals surface area contributed by atoms with E-state index in [1.165, 1.54) is 23.5 Å². The van der Waals surface area contributed by atoms with Gasteiger partial charge in [-0.3, -0.25) is 4.79 Å². The molecular formula is C20H22N2O6S. The van der Waals surface area contributed by atoms with Gasteiger partial charge < -0.3 is 19.5 Å². The van der Waals surface area contributed by atoms with E-state index >= 15 is 0 Å². The second kappa shape index (κ2) is 7.92. The zero-order valence-corrected chi connectivity index (χ0v) is 16.8. The fourth-order valence-corrected chi connectivity index (χ4v) is 5.01. The molecule has 1 fully saturated rings. The molecule has 4 rings (SSSR count). The summed E-state index contributed by atoms with van der Waals surface area (Å²) < 4.78 is 43.0. The van der Waals surface area contributed by atoms with Crippen molar-refractivity contribution >= 4 is 21.6 Å². The average molecular weight is 418 g/mol. The van der Waals surface area contributed by atoms with E-state index < -0.39 is 15.9 Å². The molecule has 0 aliphatic carbocycles. The molecule has 2 aliphatic heterocycles. The van der Waals surface area contributed by atoms with Gasteiger partial charge in [-0.2, -0.15) is 4.31 Å². The van der Waals surface area contributed by atoms with Gasteiger partial charge in [0.15, 0.2) is 11.5 Å². The van der Waals surface area contributed by atoms with Crippen LogP contribution in [0.15, 0.2) is 47.4 Å². The molecule has 2 aliphatic rings. The van der Waals surface area contributed by atoms with E-state index in [-0.39, 0.29) is 24.1 Å². The number of fused-ring (bicyclic) bond motifs is 1. The van der Waals surface area contributed by atoms with Crippen molar-refractivity contribution in [3.63, 3.8) is 0 Å². The lowest BCUT2D eigenvalue weighted by Crippen LogP contribution is -2.43. The molecule has 29 heavy (non-hydrogen) atoms.